The van der Waals surface area contributed by atoms with E-state index in [9.17, 15) is 10.1 Å². The van der Waals surface area contributed by atoms with Crippen LogP contribution in [-0.4, -0.2) is 5.91 Å². The summed E-state index contributed by atoms with van der Waals surface area (Å²) in [6.07, 6.45) is 2.64. The van der Waals surface area contributed by atoms with Crippen molar-refractivity contribution >= 4 is 12.0 Å². The Kier molecular flexibility index (Phi) is 4.29. The minimum Gasteiger partial charge on any atom is -0.461 e. The van der Waals surface area contributed by atoms with Crippen LogP contribution < -0.4 is 5.32 Å². The van der Waals surface area contributed by atoms with Gasteiger partial charge in [-0.25, -0.2) is 0 Å². The fourth-order valence-electron chi connectivity index (χ4n) is 2.53. The lowest BCUT2D eigenvalue weighted by Gasteiger charge is -2.03. The largest absolute Gasteiger partial charge is 0.461 e. The second-order valence-corrected chi connectivity index (χ2v) is 5.90. The minimum atomic E-state index is -0.394. The molecular formula is C19H18N2O2. The van der Waals surface area contributed by atoms with Gasteiger partial charge in [-0.05, 0) is 30.0 Å². The molecule has 1 aromatic carbocycles. The Morgan fingerprint density at radius 3 is 2.74 bits per heavy atom. The molecular weight excluding hydrogens is 288 g/mol. The molecule has 2 atom stereocenters. The third-order valence-electron chi connectivity index (χ3n) is 4.07. The minimum absolute atomic E-state index is 0.0469. The van der Waals surface area contributed by atoms with E-state index in [1.54, 1.807) is 0 Å². The number of furan rings is 1. The van der Waals surface area contributed by atoms with E-state index in [1.807, 2.05) is 48.5 Å². The summed E-state index contributed by atoms with van der Waals surface area (Å²) < 4.78 is 5.72. The summed E-state index contributed by atoms with van der Waals surface area (Å²) in [5.74, 6) is 2.22. The van der Waals surface area contributed by atoms with E-state index in [2.05, 4.69) is 12.2 Å². The Morgan fingerprint density at radius 1 is 1.35 bits per heavy atom. The third kappa shape index (κ3) is 3.70. The Morgan fingerprint density at radius 2 is 2.09 bits per heavy atom. The van der Waals surface area contributed by atoms with Gasteiger partial charge >= 0.3 is 0 Å². The first-order chi connectivity index (χ1) is 11.2. The predicted molar refractivity (Wildman–Crippen MR) is 87.1 cm³/mol. The van der Waals surface area contributed by atoms with Gasteiger partial charge in [-0.1, -0.05) is 37.3 Å². The summed E-state index contributed by atoms with van der Waals surface area (Å²) >= 11 is 0. The molecule has 1 N–H and O–H groups in total. The highest BCUT2D eigenvalue weighted by molar-refractivity contribution is 6.01. The maximum atomic E-state index is 12.1. The normalized spacial score (nSPS) is 19.9. The van der Waals surface area contributed by atoms with Crippen LogP contribution in [0.4, 0.5) is 0 Å². The molecule has 4 heteroatoms. The Hall–Kier alpha value is -2.80. The number of amides is 1. The molecule has 1 aliphatic carbocycles. The van der Waals surface area contributed by atoms with Gasteiger partial charge in [0.2, 0.25) is 0 Å². The van der Waals surface area contributed by atoms with Crippen LogP contribution in [-0.2, 0) is 11.3 Å². The lowest BCUT2D eigenvalue weighted by Crippen LogP contribution is -2.23. The number of nitriles is 1. The molecule has 1 fully saturated rings. The summed E-state index contributed by atoms with van der Waals surface area (Å²) in [5, 5.41) is 12.0. The van der Waals surface area contributed by atoms with Gasteiger partial charge < -0.3 is 9.73 Å². The number of hydrogen-bond donors (Lipinski definition) is 1. The van der Waals surface area contributed by atoms with Gasteiger partial charge in [-0.3, -0.25) is 4.79 Å². The number of nitrogens with one attached hydrogen (secondary N) is 1. The van der Waals surface area contributed by atoms with E-state index >= 15 is 0 Å². The van der Waals surface area contributed by atoms with Crippen LogP contribution in [0.2, 0.25) is 0 Å². The van der Waals surface area contributed by atoms with Crippen LogP contribution in [0.5, 0.6) is 0 Å². The second-order valence-electron chi connectivity index (χ2n) is 5.90. The highest BCUT2D eigenvalue weighted by Crippen LogP contribution is 2.47. The van der Waals surface area contributed by atoms with Gasteiger partial charge in [-0.2, -0.15) is 5.26 Å². The van der Waals surface area contributed by atoms with Crippen LogP contribution in [0, 0.1) is 17.2 Å². The number of hydrogen-bond acceptors (Lipinski definition) is 3. The van der Waals surface area contributed by atoms with E-state index in [1.165, 1.54) is 6.08 Å². The SMILES string of the molecule is C[C@H]1C[C@@H]1c1ccc(/C=C(\C#N)C(=O)NCc2ccccc2)o1. The monoisotopic (exact) mass is 306 g/mol. The number of carbonyl (C=O) groups excluding carboxylic acids is 1. The van der Waals surface area contributed by atoms with E-state index in [4.69, 9.17) is 4.42 Å². The topological polar surface area (TPSA) is 66.0 Å². The van der Waals surface area contributed by atoms with Gasteiger partial charge in [0.25, 0.3) is 5.91 Å². The van der Waals surface area contributed by atoms with E-state index in [0.717, 1.165) is 17.7 Å². The Balaban J connectivity index is 1.65. The highest BCUT2D eigenvalue weighted by atomic mass is 16.3. The molecule has 0 unspecified atom stereocenters. The molecule has 0 radical (unpaired) electrons. The average molecular weight is 306 g/mol. The molecule has 0 bridgehead atoms. The second kappa shape index (κ2) is 6.53. The van der Waals surface area contributed by atoms with Crippen molar-refractivity contribution in [3.05, 3.63) is 65.1 Å². The van der Waals surface area contributed by atoms with Crippen molar-refractivity contribution in [3.8, 4) is 6.07 Å². The maximum absolute atomic E-state index is 12.1. The molecule has 4 nitrogen and oxygen atoms in total. The van der Waals surface area contributed by atoms with Gasteiger partial charge in [0.1, 0.15) is 23.2 Å². The summed E-state index contributed by atoms with van der Waals surface area (Å²) in [6, 6.07) is 15.3. The summed E-state index contributed by atoms with van der Waals surface area (Å²) in [5.41, 5.74) is 1.03. The molecule has 1 aliphatic rings. The van der Waals surface area contributed by atoms with E-state index in [-0.39, 0.29) is 5.57 Å². The zero-order chi connectivity index (χ0) is 16.2. The van der Waals surface area contributed by atoms with Crippen molar-refractivity contribution in [3.63, 3.8) is 0 Å². The number of carbonyl (C=O) groups is 1. The fraction of sp³-hybridized carbons (Fsp3) is 0.263. The first kappa shape index (κ1) is 15.1. The van der Waals surface area contributed by atoms with Crippen molar-refractivity contribution in [2.75, 3.05) is 0 Å². The average Bonchev–Trinajstić information content (AvgIpc) is 3.12. The van der Waals surface area contributed by atoms with Gasteiger partial charge in [0, 0.05) is 18.5 Å². The van der Waals surface area contributed by atoms with Crippen LogP contribution in [0.3, 0.4) is 0 Å². The van der Waals surface area contributed by atoms with Gasteiger partial charge in [0.05, 0.1) is 0 Å². The first-order valence-corrected chi connectivity index (χ1v) is 7.71. The molecule has 3 rings (SSSR count). The molecule has 2 aromatic rings. The molecule has 23 heavy (non-hydrogen) atoms. The molecule has 0 saturated heterocycles. The number of rotatable bonds is 5. The quantitative estimate of drug-likeness (QED) is 0.677. The van der Waals surface area contributed by atoms with Crippen LogP contribution >= 0.6 is 0 Å². The van der Waals surface area contributed by atoms with Gasteiger partial charge in [0.15, 0.2) is 0 Å². The van der Waals surface area contributed by atoms with Crippen molar-refractivity contribution in [1.29, 1.82) is 5.26 Å². The highest BCUT2D eigenvalue weighted by Gasteiger charge is 2.36. The maximum Gasteiger partial charge on any atom is 0.262 e. The molecule has 0 aliphatic heterocycles. The molecule has 1 saturated carbocycles. The van der Waals surface area contributed by atoms with Gasteiger partial charge in [-0.15, -0.1) is 0 Å². The Bertz CT molecular complexity index is 768. The standard InChI is InChI=1S/C19H18N2O2/c1-13-9-17(13)18-8-7-16(23-18)10-15(11-20)19(22)21-12-14-5-3-2-4-6-14/h2-8,10,13,17H,9,12H2,1H3,(H,21,22)/b15-10+/t13-,17-/m0/s1. The zero-order valence-electron chi connectivity index (χ0n) is 13.0. The van der Waals surface area contributed by atoms with Crippen molar-refractivity contribution in [2.24, 2.45) is 5.92 Å². The smallest absolute Gasteiger partial charge is 0.262 e. The van der Waals surface area contributed by atoms with Crippen molar-refractivity contribution in [1.82, 2.24) is 5.32 Å². The summed E-state index contributed by atoms with van der Waals surface area (Å²) in [6.45, 7) is 2.57. The predicted octanol–water partition coefficient (Wildman–Crippen LogP) is 3.63. The Labute approximate surface area is 135 Å². The van der Waals surface area contributed by atoms with Crippen LogP contribution in [0.1, 0.15) is 36.3 Å². The summed E-state index contributed by atoms with van der Waals surface area (Å²) in [4.78, 5) is 12.1. The van der Waals surface area contributed by atoms with Crippen molar-refractivity contribution in [2.45, 2.75) is 25.8 Å². The molecule has 0 spiro atoms. The zero-order valence-corrected chi connectivity index (χ0v) is 13.0. The molecule has 1 aromatic heterocycles. The van der Waals surface area contributed by atoms with Crippen molar-refractivity contribution < 1.29 is 9.21 Å². The van der Waals surface area contributed by atoms with E-state index < -0.39 is 5.91 Å². The number of benzene rings is 1. The molecule has 1 amide bonds. The van der Waals surface area contributed by atoms with Crippen LogP contribution in [0.15, 0.2) is 52.5 Å². The molecule has 116 valence electrons. The lowest BCUT2D eigenvalue weighted by molar-refractivity contribution is -0.117. The first-order valence-electron chi connectivity index (χ1n) is 7.71. The third-order valence-corrected chi connectivity index (χ3v) is 4.07. The fourth-order valence-corrected chi connectivity index (χ4v) is 2.53. The lowest BCUT2D eigenvalue weighted by atomic mass is 10.2. The summed E-state index contributed by atoms with van der Waals surface area (Å²) in [7, 11) is 0. The van der Waals surface area contributed by atoms with Crippen LogP contribution in [0.25, 0.3) is 6.08 Å². The van der Waals surface area contributed by atoms with E-state index in [0.29, 0.717) is 24.1 Å². The molecule has 1 heterocycles. The number of nitrogens with zero attached hydrogens (tertiary/aromatic N) is 1.